The predicted octanol–water partition coefficient (Wildman–Crippen LogP) is 4.29. The fourth-order valence-electron chi connectivity index (χ4n) is 4.73. The summed E-state index contributed by atoms with van der Waals surface area (Å²) >= 11 is 0. The van der Waals surface area contributed by atoms with Crippen LogP contribution >= 0.6 is 7.82 Å². The number of hydrogen-bond donors (Lipinski definition) is 5. The van der Waals surface area contributed by atoms with E-state index in [1.165, 1.54) is 19.1 Å². The molecule has 0 spiro atoms. The summed E-state index contributed by atoms with van der Waals surface area (Å²) in [6.45, 7) is 3.47. The molecule has 0 aliphatic rings. The number of benzene rings is 2. The molecule has 0 aliphatic carbocycles. The van der Waals surface area contributed by atoms with E-state index in [4.69, 9.17) is 14.3 Å². The number of rotatable bonds is 15. The minimum absolute atomic E-state index is 0.0201. The molecule has 4 aromatic rings. The van der Waals surface area contributed by atoms with Crippen LogP contribution in [0.4, 0.5) is 0 Å². The van der Waals surface area contributed by atoms with Crippen LogP contribution in [0.1, 0.15) is 68.4 Å². The second-order valence-electron chi connectivity index (χ2n) is 10.2. The first-order valence-corrected chi connectivity index (χ1v) is 15.4. The van der Waals surface area contributed by atoms with Crippen molar-refractivity contribution < 1.29 is 33.0 Å². The molecule has 4 rings (SSSR count). The number of hydrogen-bond acceptors (Lipinski definition) is 7. The van der Waals surface area contributed by atoms with E-state index in [1.807, 2.05) is 30.5 Å². The van der Waals surface area contributed by atoms with Crippen LogP contribution in [0.25, 0.3) is 10.9 Å². The van der Waals surface area contributed by atoms with Gasteiger partial charge in [-0.1, -0.05) is 61.7 Å². The molecule has 0 radical (unpaired) electrons. The van der Waals surface area contributed by atoms with Gasteiger partial charge in [-0.15, -0.1) is 0 Å². The molecule has 0 aliphatic heterocycles. The van der Waals surface area contributed by atoms with Crippen molar-refractivity contribution in [3.8, 4) is 5.75 Å². The van der Waals surface area contributed by atoms with Crippen molar-refractivity contribution in [2.75, 3.05) is 0 Å². The van der Waals surface area contributed by atoms with Gasteiger partial charge in [-0.25, -0.2) is 4.57 Å². The summed E-state index contributed by atoms with van der Waals surface area (Å²) in [6, 6.07) is 12.1. The molecule has 42 heavy (non-hydrogen) atoms. The summed E-state index contributed by atoms with van der Waals surface area (Å²) in [4.78, 5) is 51.5. The Morgan fingerprint density at radius 2 is 1.81 bits per heavy atom. The van der Waals surface area contributed by atoms with E-state index in [0.29, 0.717) is 24.2 Å². The van der Waals surface area contributed by atoms with Crippen molar-refractivity contribution in [3.05, 3.63) is 77.6 Å². The van der Waals surface area contributed by atoms with Gasteiger partial charge in [0.05, 0.1) is 0 Å². The number of fused-ring (bicyclic) bond motifs is 1. The Hall–Kier alpha value is -3.99. The molecule has 13 heteroatoms. The lowest BCUT2D eigenvalue weighted by atomic mass is 10.0. The van der Waals surface area contributed by atoms with Gasteiger partial charge in [-0.3, -0.25) is 19.4 Å². The van der Waals surface area contributed by atoms with Crippen LogP contribution in [0.2, 0.25) is 0 Å². The van der Waals surface area contributed by atoms with Crippen molar-refractivity contribution in [1.82, 2.24) is 25.8 Å². The van der Waals surface area contributed by atoms with Crippen molar-refractivity contribution in [1.29, 1.82) is 0 Å². The van der Waals surface area contributed by atoms with Crippen LogP contribution in [0.15, 0.2) is 59.3 Å². The zero-order valence-corrected chi connectivity index (χ0v) is 24.5. The lowest BCUT2D eigenvalue weighted by molar-refractivity contribution is -0.128. The Kier molecular flexibility index (Phi) is 10.5. The zero-order chi connectivity index (χ0) is 30.1. The van der Waals surface area contributed by atoms with Crippen LogP contribution < -0.4 is 15.2 Å². The first-order chi connectivity index (χ1) is 20.1. The number of aryl methyl sites for hydroxylation is 1. The fourth-order valence-corrected chi connectivity index (χ4v) is 5.12. The molecule has 12 nitrogen and oxygen atoms in total. The number of phosphoric acid groups is 1. The number of amides is 2. The number of para-hydroxylation sites is 1. The summed E-state index contributed by atoms with van der Waals surface area (Å²) < 4.78 is 21.3. The molecule has 0 bridgehead atoms. The number of nitrogens with zero attached hydrogens (tertiary/aromatic N) is 2. The van der Waals surface area contributed by atoms with Crippen molar-refractivity contribution in [3.63, 3.8) is 0 Å². The number of aromatic nitrogens is 3. The summed E-state index contributed by atoms with van der Waals surface area (Å²) in [6.07, 6.45) is 7.31. The van der Waals surface area contributed by atoms with Gasteiger partial charge in [0.1, 0.15) is 17.8 Å². The molecule has 0 unspecified atom stereocenters. The summed E-state index contributed by atoms with van der Waals surface area (Å²) in [5, 5.41) is 10.8. The van der Waals surface area contributed by atoms with E-state index in [-0.39, 0.29) is 18.1 Å². The van der Waals surface area contributed by atoms with Crippen LogP contribution in [0.3, 0.4) is 0 Å². The standard InChI is InChI=1S/C29H36N5O7P/c1-3-4-5-6-11-27-33-29(40-34-27)26(17-21-18-30-24-10-8-7-9-23(21)24)32-28(36)25(31-19(2)35)16-20-12-14-22(15-13-20)41-42(37,38)39/h7-10,12-15,18,25-26,30H,3-6,11,16-17H2,1-2H3,(H,31,35)(H,32,36)(H2,37,38,39)/t25-,26-/m0/s1. The number of aromatic amines is 1. The van der Waals surface area contributed by atoms with Gasteiger partial charge in [-0.05, 0) is 35.7 Å². The normalized spacial score (nSPS) is 13.0. The Bertz CT molecular complexity index is 1530. The van der Waals surface area contributed by atoms with Gasteiger partial charge in [-0.2, -0.15) is 4.98 Å². The highest BCUT2D eigenvalue weighted by Gasteiger charge is 2.28. The predicted molar refractivity (Wildman–Crippen MR) is 155 cm³/mol. The number of phosphoric ester groups is 1. The maximum absolute atomic E-state index is 13.6. The summed E-state index contributed by atoms with van der Waals surface area (Å²) in [7, 11) is -4.70. The van der Waals surface area contributed by atoms with Gasteiger partial charge >= 0.3 is 7.82 Å². The molecule has 2 heterocycles. The second kappa shape index (κ2) is 14.3. The van der Waals surface area contributed by atoms with E-state index in [9.17, 15) is 14.2 Å². The maximum atomic E-state index is 13.6. The molecule has 0 fully saturated rings. The Morgan fingerprint density at radius 3 is 2.52 bits per heavy atom. The fraction of sp³-hybridized carbons (Fsp3) is 0.379. The minimum atomic E-state index is -4.70. The van der Waals surface area contributed by atoms with Crippen molar-refractivity contribution >= 4 is 30.5 Å². The summed E-state index contributed by atoms with van der Waals surface area (Å²) in [5.41, 5.74) is 2.56. The third-order valence-corrected chi connectivity index (χ3v) is 7.18. The maximum Gasteiger partial charge on any atom is 0.524 e. The average molecular weight is 598 g/mol. The Morgan fingerprint density at radius 1 is 1.05 bits per heavy atom. The smallest absolute Gasteiger partial charge is 0.404 e. The molecule has 2 atom stereocenters. The van der Waals surface area contributed by atoms with Gasteiger partial charge in [0.2, 0.25) is 17.7 Å². The van der Waals surface area contributed by atoms with Crippen LogP contribution in [-0.2, 0) is 33.4 Å². The second-order valence-corrected chi connectivity index (χ2v) is 11.3. The first kappa shape index (κ1) is 31.0. The number of nitrogens with one attached hydrogen (secondary N) is 3. The van der Waals surface area contributed by atoms with E-state index in [2.05, 4.69) is 37.2 Å². The quantitative estimate of drug-likeness (QED) is 0.0987. The zero-order valence-electron chi connectivity index (χ0n) is 23.6. The van der Waals surface area contributed by atoms with Crippen LogP contribution in [-0.4, -0.2) is 42.8 Å². The minimum Gasteiger partial charge on any atom is -0.404 e. The van der Waals surface area contributed by atoms with Gasteiger partial charge < -0.3 is 24.7 Å². The molecule has 0 saturated carbocycles. The van der Waals surface area contributed by atoms with Crippen molar-refractivity contribution in [2.45, 2.75) is 70.9 Å². The third kappa shape index (κ3) is 9.01. The lowest BCUT2D eigenvalue weighted by Crippen LogP contribution is -2.48. The molecule has 2 amide bonds. The molecule has 2 aromatic heterocycles. The van der Waals surface area contributed by atoms with Crippen LogP contribution in [0.5, 0.6) is 5.75 Å². The largest absolute Gasteiger partial charge is 0.524 e. The number of carbonyl (C=O) groups is 2. The monoisotopic (exact) mass is 597 g/mol. The molecule has 224 valence electrons. The lowest BCUT2D eigenvalue weighted by Gasteiger charge is -2.21. The van der Waals surface area contributed by atoms with Crippen molar-refractivity contribution in [2.24, 2.45) is 0 Å². The SMILES string of the molecule is CCCCCCc1noc([C@H](Cc2c[nH]c3ccccc23)NC(=O)[C@H](Cc2ccc(OP(=O)(O)O)cc2)NC(C)=O)n1. The average Bonchev–Trinajstić information content (AvgIpc) is 3.58. The van der Waals surface area contributed by atoms with E-state index >= 15 is 0 Å². The summed E-state index contributed by atoms with van der Waals surface area (Å²) in [5.74, 6) is -0.00606. The third-order valence-electron chi connectivity index (χ3n) is 6.73. The molecule has 0 saturated heterocycles. The molecule has 2 aromatic carbocycles. The van der Waals surface area contributed by atoms with Gasteiger partial charge in [0.25, 0.3) is 0 Å². The highest BCUT2D eigenvalue weighted by atomic mass is 31.2. The molecule has 5 N–H and O–H groups in total. The topological polar surface area (TPSA) is 180 Å². The molecular formula is C29H36N5O7P. The van der Waals surface area contributed by atoms with E-state index < -0.39 is 31.7 Å². The van der Waals surface area contributed by atoms with E-state index in [1.54, 1.807) is 12.1 Å². The Labute approximate surface area is 243 Å². The highest BCUT2D eigenvalue weighted by molar-refractivity contribution is 7.46. The van der Waals surface area contributed by atoms with Gasteiger partial charge in [0.15, 0.2) is 5.82 Å². The number of unbranched alkanes of at least 4 members (excludes halogenated alkanes) is 3. The van der Waals surface area contributed by atoms with E-state index in [0.717, 1.165) is 42.1 Å². The number of H-pyrrole nitrogens is 1. The Balaban J connectivity index is 1.54. The molecular weight excluding hydrogens is 561 g/mol. The first-order valence-electron chi connectivity index (χ1n) is 13.9. The number of carbonyl (C=O) groups excluding carboxylic acids is 2. The van der Waals surface area contributed by atoms with Gasteiger partial charge in [0, 0.05) is 43.3 Å². The van der Waals surface area contributed by atoms with Crippen LogP contribution in [0, 0.1) is 0 Å². The highest BCUT2D eigenvalue weighted by Crippen LogP contribution is 2.37.